The number of benzene rings is 2. The number of ether oxygens (including phenoxy) is 3. The van der Waals surface area contributed by atoms with E-state index in [-0.39, 0.29) is 6.79 Å². The Bertz CT molecular complexity index is 689. The highest BCUT2D eigenvalue weighted by molar-refractivity contribution is 5.35. The second kappa shape index (κ2) is 9.60. The maximum Gasteiger partial charge on any atom is 0.188 e. The fourth-order valence-electron chi connectivity index (χ4n) is 3.42. The molecule has 4 heteroatoms. The van der Waals surface area contributed by atoms with Gasteiger partial charge in [-0.25, -0.2) is 0 Å². The molecule has 1 unspecified atom stereocenters. The van der Waals surface area contributed by atoms with Gasteiger partial charge < -0.3 is 19.1 Å². The first-order chi connectivity index (χ1) is 12.8. The smallest absolute Gasteiger partial charge is 0.188 e. The van der Waals surface area contributed by atoms with E-state index in [1.54, 1.807) is 7.11 Å². The second-order valence-corrected chi connectivity index (χ2v) is 6.89. The zero-order valence-corrected chi connectivity index (χ0v) is 15.8. The van der Waals surface area contributed by atoms with E-state index in [9.17, 15) is 0 Å². The summed E-state index contributed by atoms with van der Waals surface area (Å²) in [6.07, 6.45) is 4.40. The summed E-state index contributed by atoms with van der Waals surface area (Å²) in [5.74, 6) is 1.86. The van der Waals surface area contributed by atoms with Gasteiger partial charge in [0.25, 0.3) is 0 Å². The minimum Gasteiger partial charge on any atom is -0.492 e. The van der Waals surface area contributed by atoms with Gasteiger partial charge in [-0.15, -0.1) is 0 Å². The summed E-state index contributed by atoms with van der Waals surface area (Å²) in [6.45, 7) is 2.22. The number of likely N-dealkylation sites (tertiary alicyclic amines) is 1. The fraction of sp³-hybridized carbons (Fsp3) is 0.455. The van der Waals surface area contributed by atoms with Gasteiger partial charge in [0.15, 0.2) is 6.79 Å². The van der Waals surface area contributed by atoms with Gasteiger partial charge in [-0.3, -0.25) is 0 Å². The van der Waals surface area contributed by atoms with Crippen molar-refractivity contribution in [1.82, 2.24) is 4.90 Å². The van der Waals surface area contributed by atoms with Crippen LogP contribution in [0, 0.1) is 0 Å². The third-order valence-electron chi connectivity index (χ3n) is 5.00. The van der Waals surface area contributed by atoms with Crippen LogP contribution in [0.25, 0.3) is 0 Å². The van der Waals surface area contributed by atoms with E-state index in [2.05, 4.69) is 48.3 Å². The molecule has 1 fully saturated rings. The average Bonchev–Trinajstić information content (AvgIpc) is 3.09. The van der Waals surface area contributed by atoms with Crippen LogP contribution in [0.1, 0.15) is 24.0 Å². The van der Waals surface area contributed by atoms with Gasteiger partial charge in [-0.05, 0) is 68.6 Å². The van der Waals surface area contributed by atoms with Crippen LogP contribution in [0.2, 0.25) is 0 Å². The maximum absolute atomic E-state index is 6.17. The third kappa shape index (κ3) is 5.23. The lowest BCUT2D eigenvalue weighted by molar-refractivity contribution is 0.0511. The fourth-order valence-corrected chi connectivity index (χ4v) is 3.42. The van der Waals surface area contributed by atoms with Crippen molar-refractivity contribution in [3.63, 3.8) is 0 Å². The lowest BCUT2D eigenvalue weighted by Crippen LogP contribution is -2.30. The number of para-hydroxylation sites is 1. The monoisotopic (exact) mass is 355 g/mol. The Hall–Kier alpha value is -2.04. The van der Waals surface area contributed by atoms with Gasteiger partial charge >= 0.3 is 0 Å². The van der Waals surface area contributed by atoms with Crippen molar-refractivity contribution in [2.45, 2.75) is 31.7 Å². The Labute approximate surface area is 156 Å². The quantitative estimate of drug-likeness (QED) is 0.638. The Morgan fingerprint density at radius 2 is 1.92 bits per heavy atom. The van der Waals surface area contributed by atoms with Gasteiger partial charge in [-0.2, -0.15) is 0 Å². The van der Waals surface area contributed by atoms with Crippen LogP contribution in [0.3, 0.4) is 0 Å². The van der Waals surface area contributed by atoms with Crippen molar-refractivity contribution < 1.29 is 14.2 Å². The Kier molecular flexibility index (Phi) is 6.92. The molecular weight excluding hydrogens is 326 g/mol. The molecule has 0 saturated carbocycles. The summed E-state index contributed by atoms with van der Waals surface area (Å²) in [4.78, 5) is 2.40. The van der Waals surface area contributed by atoms with Crippen LogP contribution in [-0.4, -0.2) is 45.0 Å². The molecule has 26 heavy (non-hydrogen) atoms. The number of aryl methyl sites for hydroxylation is 2. The second-order valence-electron chi connectivity index (χ2n) is 6.89. The molecule has 0 spiro atoms. The van der Waals surface area contributed by atoms with Crippen molar-refractivity contribution in [2.75, 3.05) is 34.1 Å². The zero-order valence-electron chi connectivity index (χ0n) is 15.8. The van der Waals surface area contributed by atoms with Crippen LogP contribution < -0.4 is 9.47 Å². The highest BCUT2D eigenvalue weighted by atomic mass is 16.7. The third-order valence-corrected chi connectivity index (χ3v) is 5.00. The van der Waals surface area contributed by atoms with Crippen LogP contribution in [0.15, 0.2) is 48.5 Å². The Morgan fingerprint density at radius 1 is 1.04 bits per heavy atom. The number of rotatable bonds is 9. The first-order valence-corrected chi connectivity index (χ1v) is 9.38. The normalized spacial score (nSPS) is 17.4. The van der Waals surface area contributed by atoms with E-state index >= 15 is 0 Å². The van der Waals surface area contributed by atoms with Crippen molar-refractivity contribution in [1.29, 1.82) is 0 Å². The van der Waals surface area contributed by atoms with E-state index in [0.29, 0.717) is 6.04 Å². The summed E-state index contributed by atoms with van der Waals surface area (Å²) >= 11 is 0. The van der Waals surface area contributed by atoms with E-state index in [0.717, 1.165) is 30.9 Å². The van der Waals surface area contributed by atoms with E-state index in [1.807, 2.05) is 12.1 Å². The predicted octanol–water partition coefficient (Wildman–Crippen LogP) is 3.93. The molecule has 0 aromatic heterocycles. The minimum atomic E-state index is 0.274. The van der Waals surface area contributed by atoms with Gasteiger partial charge in [-0.1, -0.05) is 30.3 Å². The number of hydrogen-bond donors (Lipinski definition) is 0. The molecule has 1 heterocycles. The lowest BCUT2D eigenvalue weighted by Gasteiger charge is -2.20. The molecule has 1 aliphatic rings. The van der Waals surface area contributed by atoms with E-state index in [4.69, 9.17) is 14.2 Å². The highest BCUT2D eigenvalue weighted by Crippen LogP contribution is 2.23. The van der Waals surface area contributed by atoms with Gasteiger partial charge in [0.2, 0.25) is 0 Å². The summed E-state index contributed by atoms with van der Waals surface area (Å²) in [5.41, 5.74) is 2.51. The molecule has 140 valence electrons. The molecule has 2 aromatic carbocycles. The zero-order chi connectivity index (χ0) is 18.2. The van der Waals surface area contributed by atoms with Crippen LogP contribution in [-0.2, 0) is 17.6 Å². The summed E-state index contributed by atoms with van der Waals surface area (Å²) in [5, 5.41) is 0. The number of likely N-dealkylation sites (N-methyl/N-ethyl adjacent to an activating group) is 1. The molecular formula is C22H29NO3. The van der Waals surface area contributed by atoms with Crippen molar-refractivity contribution in [2.24, 2.45) is 0 Å². The van der Waals surface area contributed by atoms with Crippen LogP contribution in [0.5, 0.6) is 11.5 Å². The van der Waals surface area contributed by atoms with Crippen LogP contribution >= 0.6 is 0 Å². The molecule has 0 radical (unpaired) electrons. The van der Waals surface area contributed by atoms with E-state index < -0.39 is 0 Å². The van der Waals surface area contributed by atoms with E-state index in [1.165, 1.54) is 30.5 Å². The first kappa shape index (κ1) is 18.7. The molecule has 4 nitrogen and oxygen atoms in total. The summed E-state index contributed by atoms with van der Waals surface area (Å²) in [6, 6.07) is 17.1. The van der Waals surface area contributed by atoms with Crippen molar-refractivity contribution in [3.8, 4) is 11.5 Å². The molecule has 0 bridgehead atoms. The molecule has 1 atom stereocenters. The SMILES string of the molecule is COCOc1cccc(CCc2ccccc2OCC2CCCN2C)c1. The van der Waals surface area contributed by atoms with Crippen LogP contribution in [0.4, 0.5) is 0 Å². The maximum atomic E-state index is 6.17. The molecule has 2 aromatic rings. The minimum absolute atomic E-state index is 0.274. The number of methoxy groups -OCH3 is 1. The van der Waals surface area contributed by atoms with Gasteiger partial charge in [0.1, 0.15) is 18.1 Å². The molecule has 0 amide bonds. The average molecular weight is 355 g/mol. The largest absolute Gasteiger partial charge is 0.492 e. The molecule has 0 aliphatic carbocycles. The lowest BCUT2D eigenvalue weighted by atomic mass is 10.0. The molecule has 0 N–H and O–H groups in total. The Balaban J connectivity index is 1.58. The molecule has 1 aliphatic heterocycles. The van der Waals surface area contributed by atoms with Gasteiger partial charge in [0.05, 0.1) is 0 Å². The standard InChI is InChI=1S/C22H29NO3/c1-23-14-6-9-20(23)16-25-22-11-4-3-8-19(22)13-12-18-7-5-10-21(15-18)26-17-24-2/h3-5,7-8,10-11,15,20H,6,9,12-14,16-17H2,1-2H3. The number of nitrogens with zero attached hydrogens (tertiary/aromatic N) is 1. The summed E-state index contributed by atoms with van der Waals surface area (Å²) in [7, 11) is 3.82. The van der Waals surface area contributed by atoms with Gasteiger partial charge in [0, 0.05) is 13.2 Å². The predicted molar refractivity (Wildman–Crippen MR) is 104 cm³/mol. The first-order valence-electron chi connectivity index (χ1n) is 9.38. The summed E-state index contributed by atoms with van der Waals surface area (Å²) < 4.78 is 16.7. The van der Waals surface area contributed by atoms with Crippen molar-refractivity contribution >= 4 is 0 Å². The Morgan fingerprint density at radius 3 is 2.73 bits per heavy atom. The molecule has 3 rings (SSSR count). The van der Waals surface area contributed by atoms with Crippen molar-refractivity contribution in [3.05, 3.63) is 59.7 Å². The molecule has 1 saturated heterocycles. The topological polar surface area (TPSA) is 30.9 Å². The number of hydrogen-bond acceptors (Lipinski definition) is 4. The highest BCUT2D eigenvalue weighted by Gasteiger charge is 2.21.